The third kappa shape index (κ3) is 3.58. The highest BCUT2D eigenvalue weighted by Gasteiger charge is 2.65. The number of rotatable bonds is 7. The summed E-state index contributed by atoms with van der Waals surface area (Å²) in [7, 11) is -0.651. The zero-order chi connectivity index (χ0) is 28.5. The van der Waals surface area contributed by atoms with Gasteiger partial charge in [-0.1, -0.05) is 108 Å². The second-order valence-corrected chi connectivity index (χ2v) is 15.7. The molecular weight excluding hydrogens is 545 g/mol. The van der Waals surface area contributed by atoms with Gasteiger partial charge in [-0.05, 0) is 82.5 Å². The Hall–Kier alpha value is -3.45. The summed E-state index contributed by atoms with van der Waals surface area (Å²) in [5, 5.41) is 11.1. The number of fused-ring (bicyclic) bond motifs is 6. The van der Waals surface area contributed by atoms with Gasteiger partial charge in [-0.25, -0.2) is 0 Å². The summed E-state index contributed by atoms with van der Waals surface area (Å²) in [5.41, 5.74) is 3.35. The van der Waals surface area contributed by atoms with Gasteiger partial charge in [0.1, 0.15) is 0 Å². The van der Waals surface area contributed by atoms with E-state index in [9.17, 15) is 0 Å². The van der Waals surface area contributed by atoms with Crippen molar-refractivity contribution < 1.29 is 0 Å². The summed E-state index contributed by atoms with van der Waals surface area (Å²) >= 11 is 2.04. The lowest BCUT2D eigenvalue weighted by Crippen LogP contribution is -2.18. The molecule has 1 aliphatic carbocycles. The summed E-state index contributed by atoms with van der Waals surface area (Å²) in [6.07, 6.45) is 8.29. The quantitative estimate of drug-likeness (QED) is 0.182. The van der Waals surface area contributed by atoms with Crippen LogP contribution >= 0.6 is 18.9 Å². The Bertz CT molecular complexity index is 2130. The number of aromatic nitrogens is 1. The fourth-order valence-electron chi connectivity index (χ4n) is 8.35. The van der Waals surface area contributed by atoms with Gasteiger partial charge in [-0.2, -0.15) is 0 Å². The summed E-state index contributed by atoms with van der Waals surface area (Å²) in [5.74, 6) is 0. The maximum atomic E-state index is 5.12. The highest BCUT2D eigenvalue weighted by atomic mass is 32.1. The maximum absolute atomic E-state index is 5.12. The van der Waals surface area contributed by atoms with Crippen molar-refractivity contribution in [2.75, 3.05) is 0 Å². The summed E-state index contributed by atoms with van der Waals surface area (Å²) in [6.45, 7) is 7.22. The fourth-order valence-corrected chi connectivity index (χ4v) is 12.9. The second kappa shape index (κ2) is 9.80. The Kier molecular flexibility index (Phi) is 6.11. The molecule has 42 heavy (non-hydrogen) atoms. The molecule has 1 saturated carbocycles. The van der Waals surface area contributed by atoms with E-state index in [0.717, 1.165) is 0 Å². The minimum absolute atomic E-state index is 0.223. The van der Waals surface area contributed by atoms with Crippen molar-refractivity contribution in [3.63, 3.8) is 0 Å². The molecule has 3 aromatic heterocycles. The topological polar surface area (TPSA) is 12.9 Å². The lowest BCUT2D eigenvalue weighted by atomic mass is 9.79. The number of thiophene rings is 1. The van der Waals surface area contributed by atoms with Gasteiger partial charge in [0, 0.05) is 32.6 Å². The van der Waals surface area contributed by atoms with Crippen LogP contribution in [0.3, 0.4) is 0 Å². The number of pyridine rings is 1. The van der Waals surface area contributed by atoms with Crippen molar-refractivity contribution in [1.29, 1.82) is 0 Å². The third-order valence-electron chi connectivity index (χ3n) is 10.4. The average molecular weight is 582 g/mol. The Labute approximate surface area is 253 Å². The van der Waals surface area contributed by atoms with Crippen molar-refractivity contribution in [2.45, 2.75) is 58.3 Å². The minimum Gasteiger partial charge on any atom is -0.255 e. The van der Waals surface area contributed by atoms with Crippen LogP contribution in [0.1, 0.15) is 58.4 Å². The van der Waals surface area contributed by atoms with Crippen LogP contribution in [0.4, 0.5) is 0 Å². The first-order valence-corrected chi connectivity index (χ1v) is 17.7. The molecule has 0 aliphatic heterocycles. The molecule has 0 spiro atoms. The second-order valence-electron chi connectivity index (χ2n) is 12.2. The third-order valence-corrected chi connectivity index (χ3v) is 14.5. The van der Waals surface area contributed by atoms with E-state index >= 15 is 0 Å². The molecule has 3 heteroatoms. The summed E-state index contributed by atoms with van der Waals surface area (Å²) in [4.78, 5) is 6.53. The van der Waals surface area contributed by atoms with Crippen LogP contribution in [0, 0.1) is 5.41 Å². The normalized spacial score (nSPS) is 20.7. The van der Waals surface area contributed by atoms with Gasteiger partial charge in [0.15, 0.2) is 0 Å². The van der Waals surface area contributed by atoms with Gasteiger partial charge < -0.3 is 0 Å². The van der Waals surface area contributed by atoms with Gasteiger partial charge in [0.2, 0.25) is 0 Å². The van der Waals surface area contributed by atoms with Crippen molar-refractivity contribution in [1.82, 2.24) is 4.98 Å². The molecule has 3 heterocycles. The van der Waals surface area contributed by atoms with Crippen LogP contribution < -0.4 is 0 Å². The molecule has 1 fully saturated rings. The zero-order valence-electron chi connectivity index (χ0n) is 24.7. The Morgan fingerprint density at radius 2 is 1.45 bits per heavy atom. The highest BCUT2D eigenvalue weighted by Crippen LogP contribution is 2.73. The van der Waals surface area contributed by atoms with Crippen molar-refractivity contribution in [3.05, 3.63) is 109 Å². The molecule has 0 radical (unpaired) electrons. The van der Waals surface area contributed by atoms with Gasteiger partial charge in [-0.3, -0.25) is 4.98 Å². The smallest absolute Gasteiger partial charge is 0.0883 e. The summed E-state index contributed by atoms with van der Waals surface area (Å²) in [6, 6.07) is 36.5. The van der Waals surface area contributed by atoms with Gasteiger partial charge >= 0.3 is 0 Å². The molecule has 3 atom stereocenters. The molecule has 208 valence electrons. The number of benzene rings is 4. The maximum Gasteiger partial charge on any atom is 0.0883 e. The van der Waals surface area contributed by atoms with E-state index in [1.165, 1.54) is 89.8 Å². The van der Waals surface area contributed by atoms with Crippen LogP contribution in [-0.4, -0.2) is 4.98 Å². The van der Waals surface area contributed by atoms with E-state index in [1.54, 1.807) is 5.56 Å². The molecule has 4 aromatic carbocycles. The molecule has 1 aliphatic rings. The molecule has 8 rings (SSSR count). The van der Waals surface area contributed by atoms with Crippen LogP contribution in [0.25, 0.3) is 57.7 Å². The van der Waals surface area contributed by atoms with Gasteiger partial charge in [-0.15, -0.1) is 11.3 Å². The van der Waals surface area contributed by atoms with Gasteiger partial charge in [0.05, 0.1) is 15.2 Å². The van der Waals surface area contributed by atoms with Crippen molar-refractivity contribution in [3.8, 4) is 15.2 Å². The molecular formula is C39H36NPS. The van der Waals surface area contributed by atoms with Crippen LogP contribution in [0.2, 0.25) is 0 Å². The first-order chi connectivity index (χ1) is 20.6. The van der Waals surface area contributed by atoms with E-state index in [-0.39, 0.29) is 5.41 Å². The van der Waals surface area contributed by atoms with Crippen molar-refractivity contribution in [2.24, 2.45) is 5.41 Å². The largest absolute Gasteiger partial charge is 0.255 e. The van der Waals surface area contributed by atoms with Crippen LogP contribution in [0.5, 0.6) is 0 Å². The molecule has 3 unspecified atom stereocenters. The molecule has 0 N–H and O–H groups in total. The number of hydrogen-bond acceptors (Lipinski definition) is 2. The zero-order valence-corrected chi connectivity index (χ0v) is 26.4. The van der Waals surface area contributed by atoms with E-state index in [0.29, 0.717) is 5.41 Å². The minimum atomic E-state index is -0.651. The van der Waals surface area contributed by atoms with E-state index < -0.39 is 7.53 Å². The van der Waals surface area contributed by atoms with E-state index in [2.05, 4.69) is 118 Å². The van der Waals surface area contributed by atoms with Crippen LogP contribution in [-0.2, 0) is 5.41 Å². The molecule has 0 amide bonds. The van der Waals surface area contributed by atoms with Crippen molar-refractivity contribution >= 4 is 61.4 Å². The first-order valence-electron chi connectivity index (χ1n) is 15.5. The Morgan fingerprint density at radius 3 is 2.21 bits per heavy atom. The predicted molar refractivity (Wildman–Crippen MR) is 186 cm³/mol. The predicted octanol–water partition coefficient (Wildman–Crippen LogP) is 12.6. The van der Waals surface area contributed by atoms with Gasteiger partial charge in [0.25, 0.3) is 0 Å². The summed E-state index contributed by atoms with van der Waals surface area (Å²) < 4.78 is 1.52. The number of hydrogen-bond donors (Lipinski definition) is 0. The molecule has 7 aromatic rings. The Balaban J connectivity index is 1.46. The van der Waals surface area contributed by atoms with Crippen LogP contribution in [0.15, 0.2) is 103 Å². The highest BCUT2D eigenvalue weighted by molar-refractivity contribution is 7.73. The standard InChI is InChI=1S/C39H36NPS/c1-4-22-38(5-2)25-39(38,6-3)31-24-34(42-37(31)36-29-16-10-8-14-27(29)21-23-40-36)41-32-18-12-11-17-30(32)35-28-15-9-7-13-26(28)19-20-33(35)41/h7-21,23-24H,4-6,22,25H2,1-3H3. The van der Waals surface area contributed by atoms with E-state index in [1.807, 2.05) is 17.5 Å². The Morgan fingerprint density at radius 1 is 0.738 bits per heavy atom. The average Bonchev–Trinajstić information content (AvgIpc) is 3.30. The molecule has 1 nitrogen and oxygen atoms in total. The fraction of sp³-hybridized carbons (Fsp3) is 0.256. The lowest BCUT2D eigenvalue weighted by Gasteiger charge is -2.25. The molecule has 0 saturated heterocycles. The SMILES string of the molecule is CCCC1(CC)CC1(CC)c1cc(-p2c3ccccc3c3c4ccccc4ccc32)sc1-c1nccc2ccccc12. The monoisotopic (exact) mass is 581 g/mol. The lowest BCUT2D eigenvalue weighted by molar-refractivity contribution is 0.361. The molecule has 0 bridgehead atoms. The first kappa shape index (κ1) is 26.2. The van der Waals surface area contributed by atoms with E-state index in [4.69, 9.17) is 4.98 Å². The number of nitrogens with zero attached hydrogens (tertiary/aromatic N) is 1.